The van der Waals surface area contributed by atoms with Crippen molar-refractivity contribution in [3.8, 4) is 17.0 Å². The quantitative estimate of drug-likeness (QED) is 0.704. The Morgan fingerprint density at radius 3 is 2.74 bits per heavy atom. The van der Waals surface area contributed by atoms with E-state index in [-0.39, 0.29) is 0 Å². The van der Waals surface area contributed by atoms with E-state index in [4.69, 9.17) is 4.74 Å². The van der Waals surface area contributed by atoms with E-state index in [0.29, 0.717) is 0 Å². The fourth-order valence-corrected chi connectivity index (χ4v) is 2.14. The van der Waals surface area contributed by atoms with Crippen molar-refractivity contribution >= 4 is 5.52 Å². The molecular formula is C15H15N3O. The largest absolute Gasteiger partial charge is 0.496 e. The second kappa shape index (κ2) is 4.39. The van der Waals surface area contributed by atoms with Crippen LogP contribution >= 0.6 is 0 Å². The molecule has 0 fully saturated rings. The summed E-state index contributed by atoms with van der Waals surface area (Å²) in [5, 5.41) is 4.61. The molecule has 0 saturated heterocycles. The third-order valence-corrected chi connectivity index (χ3v) is 3.26. The zero-order valence-electron chi connectivity index (χ0n) is 11.2. The summed E-state index contributed by atoms with van der Waals surface area (Å²) >= 11 is 0. The smallest absolute Gasteiger partial charge is 0.127 e. The van der Waals surface area contributed by atoms with Gasteiger partial charge in [0.15, 0.2) is 0 Å². The standard InChI is InChI=1S/C15H15N3O/c1-10-4-5-12(8-15(10)19-3)14-7-6-13-9-16-11(2)18(13)17-14/h4-9H,1-3H3. The first-order valence-corrected chi connectivity index (χ1v) is 6.15. The lowest BCUT2D eigenvalue weighted by molar-refractivity contribution is 0.412. The van der Waals surface area contributed by atoms with Gasteiger partial charge in [0.25, 0.3) is 0 Å². The highest BCUT2D eigenvalue weighted by Crippen LogP contribution is 2.25. The van der Waals surface area contributed by atoms with E-state index < -0.39 is 0 Å². The molecule has 0 aliphatic carbocycles. The first kappa shape index (κ1) is 11.7. The summed E-state index contributed by atoms with van der Waals surface area (Å²) in [6, 6.07) is 10.1. The third-order valence-electron chi connectivity index (χ3n) is 3.26. The van der Waals surface area contributed by atoms with Gasteiger partial charge in [-0.25, -0.2) is 9.50 Å². The van der Waals surface area contributed by atoms with E-state index in [2.05, 4.69) is 16.1 Å². The lowest BCUT2D eigenvalue weighted by Gasteiger charge is -2.07. The second-order valence-corrected chi connectivity index (χ2v) is 4.55. The molecule has 4 heteroatoms. The highest BCUT2D eigenvalue weighted by Gasteiger charge is 2.06. The number of hydrogen-bond acceptors (Lipinski definition) is 3. The molecule has 0 N–H and O–H groups in total. The average Bonchev–Trinajstić information content (AvgIpc) is 2.80. The Hall–Kier alpha value is -2.36. The Kier molecular flexibility index (Phi) is 2.71. The summed E-state index contributed by atoms with van der Waals surface area (Å²) in [7, 11) is 1.68. The maximum absolute atomic E-state index is 5.36. The van der Waals surface area contributed by atoms with Gasteiger partial charge in [0.1, 0.15) is 11.6 Å². The third kappa shape index (κ3) is 1.95. The number of ether oxygens (including phenoxy) is 1. The second-order valence-electron chi connectivity index (χ2n) is 4.55. The summed E-state index contributed by atoms with van der Waals surface area (Å²) in [6.45, 7) is 3.97. The van der Waals surface area contributed by atoms with Crippen molar-refractivity contribution in [2.24, 2.45) is 0 Å². The molecule has 0 aliphatic heterocycles. The molecule has 2 aromatic heterocycles. The van der Waals surface area contributed by atoms with Crippen LogP contribution in [-0.4, -0.2) is 21.7 Å². The van der Waals surface area contributed by atoms with Crippen LogP contribution in [0.25, 0.3) is 16.8 Å². The Morgan fingerprint density at radius 2 is 1.95 bits per heavy atom. The minimum absolute atomic E-state index is 0.877. The molecule has 1 aromatic carbocycles. The van der Waals surface area contributed by atoms with Gasteiger partial charge in [-0.15, -0.1) is 0 Å². The van der Waals surface area contributed by atoms with Crippen molar-refractivity contribution in [1.82, 2.24) is 14.6 Å². The van der Waals surface area contributed by atoms with Crippen LogP contribution in [0.15, 0.2) is 36.5 Å². The molecule has 0 radical (unpaired) electrons. The van der Waals surface area contributed by atoms with E-state index in [1.807, 2.05) is 48.8 Å². The number of aryl methyl sites for hydroxylation is 2. The van der Waals surface area contributed by atoms with Gasteiger partial charge in [-0.1, -0.05) is 12.1 Å². The highest BCUT2D eigenvalue weighted by molar-refractivity contribution is 5.64. The predicted molar refractivity (Wildman–Crippen MR) is 74.4 cm³/mol. The van der Waals surface area contributed by atoms with Gasteiger partial charge in [0.2, 0.25) is 0 Å². The van der Waals surface area contributed by atoms with Crippen molar-refractivity contribution in [3.05, 3.63) is 47.9 Å². The Morgan fingerprint density at radius 1 is 1.11 bits per heavy atom. The average molecular weight is 253 g/mol. The zero-order valence-corrected chi connectivity index (χ0v) is 11.2. The van der Waals surface area contributed by atoms with Crippen LogP contribution in [0.3, 0.4) is 0 Å². The Bertz CT molecular complexity index is 746. The number of methoxy groups -OCH3 is 1. The van der Waals surface area contributed by atoms with Crippen LogP contribution in [0.4, 0.5) is 0 Å². The zero-order chi connectivity index (χ0) is 13.4. The molecule has 0 unspecified atom stereocenters. The van der Waals surface area contributed by atoms with Crippen LogP contribution in [0.5, 0.6) is 5.75 Å². The molecule has 0 aliphatic rings. The molecule has 2 heterocycles. The molecule has 96 valence electrons. The van der Waals surface area contributed by atoms with Gasteiger partial charge < -0.3 is 4.74 Å². The number of hydrogen-bond donors (Lipinski definition) is 0. The summed E-state index contributed by atoms with van der Waals surface area (Å²) in [4.78, 5) is 4.25. The molecule has 0 spiro atoms. The number of aromatic nitrogens is 3. The van der Waals surface area contributed by atoms with Gasteiger partial charge >= 0.3 is 0 Å². The molecule has 3 rings (SSSR count). The minimum atomic E-state index is 0.877. The maximum atomic E-state index is 5.36. The first-order valence-electron chi connectivity index (χ1n) is 6.15. The number of fused-ring (bicyclic) bond motifs is 1. The number of benzene rings is 1. The SMILES string of the molecule is COc1cc(-c2ccc3cnc(C)n3n2)ccc1C. The normalized spacial score (nSPS) is 10.9. The molecule has 0 bridgehead atoms. The van der Waals surface area contributed by atoms with Crippen LogP contribution in [0.1, 0.15) is 11.4 Å². The molecule has 4 nitrogen and oxygen atoms in total. The van der Waals surface area contributed by atoms with Crippen molar-refractivity contribution in [1.29, 1.82) is 0 Å². The van der Waals surface area contributed by atoms with Crippen molar-refractivity contribution in [3.63, 3.8) is 0 Å². The summed E-state index contributed by atoms with van der Waals surface area (Å²) in [6.07, 6.45) is 1.82. The van der Waals surface area contributed by atoms with Gasteiger partial charge in [0.05, 0.1) is 24.5 Å². The lowest BCUT2D eigenvalue weighted by Crippen LogP contribution is -1.97. The van der Waals surface area contributed by atoms with Crippen molar-refractivity contribution in [2.75, 3.05) is 7.11 Å². The summed E-state index contributed by atoms with van der Waals surface area (Å²) in [5.41, 5.74) is 4.07. The van der Waals surface area contributed by atoms with E-state index in [9.17, 15) is 0 Å². The summed E-state index contributed by atoms with van der Waals surface area (Å²) < 4.78 is 7.21. The Labute approximate surface area is 111 Å². The van der Waals surface area contributed by atoms with Crippen molar-refractivity contribution in [2.45, 2.75) is 13.8 Å². The van der Waals surface area contributed by atoms with Gasteiger partial charge in [-0.3, -0.25) is 0 Å². The molecule has 3 aromatic rings. The Balaban J connectivity index is 2.15. The van der Waals surface area contributed by atoms with Crippen molar-refractivity contribution < 1.29 is 4.74 Å². The van der Waals surface area contributed by atoms with Crippen LogP contribution in [0.2, 0.25) is 0 Å². The number of rotatable bonds is 2. The topological polar surface area (TPSA) is 39.4 Å². The van der Waals surface area contributed by atoms with Gasteiger partial charge in [0, 0.05) is 5.56 Å². The van der Waals surface area contributed by atoms with E-state index in [1.54, 1.807) is 7.11 Å². The molecule has 0 amide bonds. The molecule has 0 saturated carbocycles. The monoisotopic (exact) mass is 253 g/mol. The lowest BCUT2D eigenvalue weighted by atomic mass is 10.1. The fraction of sp³-hybridized carbons (Fsp3) is 0.200. The van der Waals surface area contributed by atoms with Crippen LogP contribution in [0, 0.1) is 13.8 Å². The number of nitrogens with zero attached hydrogens (tertiary/aromatic N) is 3. The van der Waals surface area contributed by atoms with E-state index in [1.165, 1.54) is 0 Å². The summed E-state index contributed by atoms with van der Waals surface area (Å²) in [5.74, 6) is 1.76. The van der Waals surface area contributed by atoms with Gasteiger partial charge in [-0.2, -0.15) is 5.10 Å². The number of imidazole rings is 1. The molecular weight excluding hydrogens is 238 g/mol. The fourth-order valence-electron chi connectivity index (χ4n) is 2.14. The molecule has 19 heavy (non-hydrogen) atoms. The maximum Gasteiger partial charge on any atom is 0.127 e. The minimum Gasteiger partial charge on any atom is -0.496 e. The van der Waals surface area contributed by atoms with Crippen LogP contribution < -0.4 is 4.74 Å². The van der Waals surface area contributed by atoms with E-state index >= 15 is 0 Å². The molecule has 0 atom stereocenters. The predicted octanol–water partition coefficient (Wildman–Crippen LogP) is 3.02. The van der Waals surface area contributed by atoms with Gasteiger partial charge in [-0.05, 0) is 37.6 Å². The highest BCUT2D eigenvalue weighted by atomic mass is 16.5. The first-order chi connectivity index (χ1) is 9.19. The van der Waals surface area contributed by atoms with E-state index in [0.717, 1.165) is 33.9 Å². The van der Waals surface area contributed by atoms with Crippen LogP contribution in [-0.2, 0) is 0 Å².